The fourth-order valence-electron chi connectivity index (χ4n) is 3.11. The Morgan fingerprint density at radius 3 is 2.65 bits per heavy atom. The van der Waals surface area contributed by atoms with E-state index >= 15 is 0 Å². The largest absolute Gasteiger partial charge is 0.768 e. The average molecular weight is 395 g/mol. The minimum Gasteiger partial charge on any atom is -0.768 e. The lowest BCUT2D eigenvalue weighted by Gasteiger charge is -2.30. The highest BCUT2D eigenvalue weighted by atomic mass is 32.2. The lowest BCUT2D eigenvalue weighted by Crippen LogP contribution is -2.49. The van der Waals surface area contributed by atoms with E-state index in [1.54, 1.807) is 0 Å². The quantitative estimate of drug-likeness (QED) is 0.547. The maximum atomic E-state index is 13.4. The van der Waals surface area contributed by atoms with Crippen LogP contribution in [-0.2, 0) is 22.3 Å². The number of hydrogen-bond acceptors (Lipinski definition) is 4. The Balaban J connectivity index is 2.21. The third kappa shape index (κ3) is 5.01. The van der Waals surface area contributed by atoms with Crippen molar-refractivity contribution in [2.24, 2.45) is 0 Å². The Labute approximate surface area is 151 Å². The van der Waals surface area contributed by atoms with Gasteiger partial charge < -0.3 is 14.4 Å². The number of alkyl halides is 3. The first kappa shape index (κ1) is 20.8. The summed E-state index contributed by atoms with van der Waals surface area (Å²) in [6.45, 7) is 3.10. The van der Waals surface area contributed by atoms with E-state index in [2.05, 4.69) is 0 Å². The molecule has 0 radical (unpaired) electrons. The number of carbonyl (C=O) groups excluding carboxylic acids is 1. The lowest BCUT2D eigenvalue weighted by atomic mass is 10.1. The number of nitrogens with zero attached hydrogens (tertiary/aromatic N) is 2. The number of hydrogen-bond donors (Lipinski definition) is 0. The zero-order valence-electron chi connectivity index (χ0n) is 14.1. The van der Waals surface area contributed by atoms with Gasteiger partial charge in [0.1, 0.15) is 5.82 Å². The summed E-state index contributed by atoms with van der Waals surface area (Å²) in [5.41, 5.74) is 0.0450. The predicted octanol–water partition coefficient (Wildman–Crippen LogP) is 2.09. The van der Waals surface area contributed by atoms with E-state index in [-0.39, 0.29) is 23.4 Å². The van der Waals surface area contributed by atoms with E-state index in [4.69, 9.17) is 0 Å². The Morgan fingerprint density at radius 2 is 2.12 bits per heavy atom. The molecule has 0 spiro atoms. The van der Waals surface area contributed by atoms with Gasteiger partial charge in [0.25, 0.3) is 0 Å². The van der Waals surface area contributed by atoms with Gasteiger partial charge >= 0.3 is 12.1 Å². The van der Waals surface area contributed by atoms with Crippen molar-refractivity contribution >= 4 is 17.0 Å². The van der Waals surface area contributed by atoms with E-state index in [9.17, 15) is 31.1 Å². The molecule has 0 saturated carbocycles. The van der Waals surface area contributed by atoms with Crippen LogP contribution < -0.4 is 0 Å². The monoisotopic (exact) mass is 395 g/mol. The summed E-state index contributed by atoms with van der Waals surface area (Å²) in [4.78, 5) is 14.3. The van der Waals surface area contributed by atoms with Crippen LogP contribution in [0, 0.1) is 5.82 Å². The molecule has 0 bridgehead atoms. The first-order chi connectivity index (χ1) is 12.1. The van der Waals surface area contributed by atoms with Crippen LogP contribution in [0.15, 0.2) is 23.1 Å². The van der Waals surface area contributed by atoms with E-state index in [0.717, 1.165) is 23.1 Å². The molecule has 1 aliphatic heterocycles. The van der Waals surface area contributed by atoms with Gasteiger partial charge in [0.15, 0.2) is 0 Å². The summed E-state index contributed by atoms with van der Waals surface area (Å²) in [5, 5.41) is 0. The summed E-state index contributed by atoms with van der Waals surface area (Å²) in [6.07, 6.45) is -4.81. The molecule has 0 aliphatic carbocycles. The van der Waals surface area contributed by atoms with Crippen LogP contribution in [0.4, 0.5) is 17.6 Å². The lowest BCUT2D eigenvalue weighted by molar-refractivity contribution is -0.187. The highest BCUT2D eigenvalue weighted by Gasteiger charge is 2.45. The first-order valence-corrected chi connectivity index (χ1v) is 9.18. The smallest absolute Gasteiger partial charge is 0.471 e. The molecule has 26 heavy (non-hydrogen) atoms. The highest BCUT2D eigenvalue weighted by molar-refractivity contribution is 7.79. The fourth-order valence-corrected chi connectivity index (χ4v) is 3.67. The molecule has 0 aromatic heterocycles. The molecule has 1 heterocycles. The molecule has 1 amide bonds. The Morgan fingerprint density at radius 1 is 1.42 bits per heavy atom. The van der Waals surface area contributed by atoms with Crippen molar-refractivity contribution < 1.29 is 31.1 Å². The van der Waals surface area contributed by atoms with Crippen LogP contribution in [0.5, 0.6) is 0 Å². The Bertz CT molecular complexity index is 684. The van der Waals surface area contributed by atoms with E-state index < -0.39 is 35.0 Å². The minimum absolute atomic E-state index is 0.0450. The van der Waals surface area contributed by atoms with Crippen LogP contribution >= 0.6 is 0 Å². The zero-order valence-corrected chi connectivity index (χ0v) is 14.9. The first-order valence-electron chi connectivity index (χ1n) is 8.11. The topological polar surface area (TPSA) is 63.7 Å². The fraction of sp³-hybridized carbons (Fsp3) is 0.562. The molecule has 1 fully saturated rings. The van der Waals surface area contributed by atoms with Crippen molar-refractivity contribution in [1.29, 1.82) is 0 Å². The second-order valence-corrected chi connectivity index (χ2v) is 6.98. The van der Waals surface area contributed by atoms with E-state index in [1.165, 1.54) is 0 Å². The molecular formula is C16H19F4N2O3S-. The maximum absolute atomic E-state index is 13.4. The molecule has 2 rings (SSSR count). The zero-order chi connectivity index (χ0) is 19.5. The summed E-state index contributed by atoms with van der Waals surface area (Å²) in [5.74, 6) is -2.65. The molecule has 1 aromatic carbocycles. The molecule has 0 N–H and O–H groups in total. The van der Waals surface area contributed by atoms with Gasteiger partial charge in [0.2, 0.25) is 0 Å². The number of benzene rings is 1. The van der Waals surface area contributed by atoms with Crippen molar-refractivity contribution in [2.45, 2.75) is 36.9 Å². The summed E-state index contributed by atoms with van der Waals surface area (Å²) < 4.78 is 74.7. The SMILES string of the molecule is CCN1CCC(N(CCc2cc(F)ccc2S(=O)[O-])C(=O)C(F)(F)F)C1. The molecular weight excluding hydrogens is 376 g/mol. The van der Waals surface area contributed by atoms with Crippen molar-refractivity contribution in [3.05, 3.63) is 29.6 Å². The van der Waals surface area contributed by atoms with Crippen LogP contribution in [0.25, 0.3) is 0 Å². The third-order valence-corrected chi connectivity index (χ3v) is 5.22. The number of carbonyl (C=O) groups is 1. The standard InChI is InChI=1S/C16H20F4N2O3S/c1-2-21-7-6-13(10-21)22(15(23)16(18,19)20)8-5-11-9-12(17)3-4-14(11)26(24)25/h3-4,9,13H,2,5-8,10H2,1H3,(H,24,25)/p-1. The molecule has 1 saturated heterocycles. The molecule has 2 atom stereocenters. The van der Waals surface area contributed by atoms with Crippen LogP contribution in [-0.4, -0.2) is 62.9 Å². The number of likely N-dealkylation sites (tertiary alicyclic amines) is 1. The van der Waals surface area contributed by atoms with Crippen molar-refractivity contribution in [1.82, 2.24) is 9.80 Å². The minimum atomic E-state index is -5.02. The van der Waals surface area contributed by atoms with Gasteiger partial charge in [0.05, 0.1) is 0 Å². The number of likely N-dealkylation sites (N-methyl/N-ethyl adjacent to an activating group) is 1. The van der Waals surface area contributed by atoms with E-state index in [0.29, 0.717) is 26.1 Å². The normalized spacial score (nSPS) is 19.5. The number of rotatable bonds is 6. The van der Waals surface area contributed by atoms with Crippen LogP contribution in [0.2, 0.25) is 0 Å². The van der Waals surface area contributed by atoms with Gasteiger partial charge in [-0.2, -0.15) is 13.2 Å². The highest BCUT2D eigenvalue weighted by Crippen LogP contribution is 2.25. The molecule has 5 nitrogen and oxygen atoms in total. The number of halogens is 4. The average Bonchev–Trinajstić information content (AvgIpc) is 3.02. The Hall–Kier alpha value is -1.52. The summed E-state index contributed by atoms with van der Waals surface area (Å²) in [7, 11) is 0. The van der Waals surface area contributed by atoms with Gasteiger partial charge in [-0.25, -0.2) is 4.39 Å². The van der Waals surface area contributed by atoms with Gasteiger partial charge in [-0.05, 0) is 54.2 Å². The van der Waals surface area contributed by atoms with Crippen LogP contribution in [0.1, 0.15) is 18.9 Å². The summed E-state index contributed by atoms with van der Waals surface area (Å²) in [6, 6.07) is 2.37. The van der Waals surface area contributed by atoms with Gasteiger partial charge in [-0.15, -0.1) is 0 Å². The summed E-state index contributed by atoms with van der Waals surface area (Å²) >= 11 is -2.65. The van der Waals surface area contributed by atoms with Gasteiger partial charge in [0, 0.05) is 30.6 Å². The Kier molecular flexibility index (Phi) is 6.75. The third-order valence-electron chi connectivity index (χ3n) is 4.46. The van der Waals surface area contributed by atoms with Gasteiger partial charge in [-0.1, -0.05) is 6.92 Å². The molecule has 146 valence electrons. The molecule has 2 unspecified atom stereocenters. The molecule has 10 heteroatoms. The van der Waals surface area contributed by atoms with Crippen LogP contribution in [0.3, 0.4) is 0 Å². The van der Waals surface area contributed by atoms with Crippen molar-refractivity contribution in [3.63, 3.8) is 0 Å². The second kappa shape index (κ2) is 8.45. The molecule has 1 aromatic rings. The van der Waals surface area contributed by atoms with Crippen molar-refractivity contribution in [2.75, 3.05) is 26.2 Å². The predicted molar refractivity (Wildman–Crippen MR) is 85.6 cm³/mol. The van der Waals surface area contributed by atoms with Gasteiger partial charge in [-0.3, -0.25) is 9.00 Å². The van der Waals surface area contributed by atoms with Crippen molar-refractivity contribution in [3.8, 4) is 0 Å². The second-order valence-electron chi connectivity index (χ2n) is 6.07. The molecule has 1 aliphatic rings. The maximum Gasteiger partial charge on any atom is 0.471 e. The number of amides is 1. The van der Waals surface area contributed by atoms with E-state index in [1.807, 2.05) is 11.8 Å².